The highest BCUT2D eigenvalue weighted by atomic mass is 32.1. The van der Waals surface area contributed by atoms with Crippen molar-refractivity contribution in [1.29, 1.82) is 0 Å². The Balaban J connectivity index is 1.96. The smallest absolute Gasteiger partial charge is 0.338 e. The third kappa shape index (κ3) is 4.01. The lowest BCUT2D eigenvalue weighted by molar-refractivity contribution is -0.139. The second-order valence-corrected chi connectivity index (χ2v) is 8.14. The first-order chi connectivity index (χ1) is 15.4. The summed E-state index contributed by atoms with van der Waals surface area (Å²) in [4.78, 5) is 31.3. The maximum absolute atomic E-state index is 13.5. The first-order valence-electron chi connectivity index (χ1n) is 10.0. The van der Waals surface area contributed by atoms with E-state index in [1.807, 2.05) is 6.07 Å². The zero-order valence-corrected chi connectivity index (χ0v) is 18.6. The zero-order valence-electron chi connectivity index (χ0n) is 17.8. The molecule has 1 aromatic heterocycles. The number of thiazole rings is 1. The molecule has 0 N–H and O–H groups in total. The average molecular weight is 453 g/mol. The van der Waals surface area contributed by atoms with Gasteiger partial charge >= 0.3 is 5.97 Å². The molecule has 4 rings (SSSR count). The summed E-state index contributed by atoms with van der Waals surface area (Å²) in [5.41, 5.74) is 1.90. The molecule has 2 aromatic carbocycles. The number of ether oxygens (including phenoxy) is 2. The number of rotatable bonds is 5. The number of aromatic nitrogens is 1. The second-order valence-electron chi connectivity index (χ2n) is 7.13. The van der Waals surface area contributed by atoms with Gasteiger partial charge in [-0.05, 0) is 55.3 Å². The van der Waals surface area contributed by atoms with Crippen LogP contribution < -0.4 is 19.6 Å². The molecule has 32 heavy (non-hydrogen) atoms. The Bertz CT molecular complexity index is 1390. The van der Waals surface area contributed by atoms with Crippen molar-refractivity contribution in [3.05, 3.63) is 96.4 Å². The number of hydrogen-bond acceptors (Lipinski definition) is 6. The molecule has 0 fully saturated rings. The maximum atomic E-state index is 13.5. The van der Waals surface area contributed by atoms with E-state index in [0.29, 0.717) is 37.5 Å². The number of hydrogen-bond donors (Lipinski definition) is 0. The average Bonchev–Trinajstić information content (AvgIpc) is 3.09. The Labute approximate surface area is 187 Å². The molecule has 0 bridgehead atoms. The van der Waals surface area contributed by atoms with Crippen molar-refractivity contribution in [3.8, 4) is 5.75 Å². The van der Waals surface area contributed by atoms with Gasteiger partial charge < -0.3 is 9.47 Å². The first kappa shape index (κ1) is 21.7. The van der Waals surface area contributed by atoms with Crippen molar-refractivity contribution in [2.24, 2.45) is 4.99 Å². The molecule has 0 radical (unpaired) electrons. The monoisotopic (exact) mass is 452 g/mol. The molecule has 1 aliphatic heterocycles. The summed E-state index contributed by atoms with van der Waals surface area (Å²) >= 11 is 1.22. The number of esters is 1. The van der Waals surface area contributed by atoms with Crippen LogP contribution >= 0.6 is 11.3 Å². The van der Waals surface area contributed by atoms with E-state index < -0.39 is 12.0 Å². The van der Waals surface area contributed by atoms with E-state index in [1.165, 1.54) is 28.0 Å². The van der Waals surface area contributed by atoms with Gasteiger partial charge in [0.15, 0.2) is 4.80 Å². The van der Waals surface area contributed by atoms with Crippen molar-refractivity contribution in [3.63, 3.8) is 0 Å². The molecule has 164 valence electrons. The molecular weight excluding hydrogens is 431 g/mol. The zero-order chi connectivity index (χ0) is 22.8. The fourth-order valence-electron chi connectivity index (χ4n) is 3.63. The molecule has 1 aliphatic rings. The van der Waals surface area contributed by atoms with Crippen LogP contribution in [0.2, 0.25) is 0 Å². The third-order valence-corrected chi connectivity index (χ3v) is 6.08. The van der Waals surface area contributed by atoms with E-state index in [-0.39, 0.29) is 18.0 Å². The van der Waals surface area contributed by atoms with Crippen LogP contribution in [0.3, 0.4) is 0 Å². The Morgan fingerprint density at radius 1 is 1.25 bits per heavy atom. The summed E-state index contributed by atoms with van der Waals surface area (Å²) in [6.07, 6.45) is 1.69. The predicted octanol–water partition coefficient (Wildman–Crippen LogP) is 2.95. The number of nitrogens with zero attached hydrogens (tertiary/aromatic N) is 2. The van der Waals surface area contributed by atoms with Gasteiger partial charge in [0.1, 0.15) is 11.6 Å². The number of allylic oxidation sites excluding steroid dienone is 1. The predicted molar refractivity (Wildman–Crippen MR) is 120 cm³/mol. The van der Waals surface area contributed by atoms with E-state index in [4.69, 9.17) is 9.47 Å². The van der Waals surface area contributed by atoms with Gasteiger partial charge in [-0.2, -0.15) is 0 Å². The van der Waals surface area contributed by atoms with Crippen LogP contribution in [0.5, 0.6) is 5.75 Å². The fraction of sp³-hybridized carbons (Fsp3) is 0.208. The molecule has 0 aliphatic carbocycles. The van der Waals surface area contributed by atoms with E-state index >= 15 is 0 Å². The maximum Gasteiger partial charge on any atom is 0.338 e. The van der Waals surface area contributed by atoms with Gasteiger partial charge in [-0.1, -0.05) is 35.6 Å². The van der Waals surface area contributed by atoms with Crippen LogP contribution in [0, 0.1) is 5.82 Å². The molecule has 3 aromatic rings. The lowest BCUT2D eigenvalue weighted by Crippen LogP contribution is -2.39. The summed E-state index contributed by atoms with van der Waals surface area (Å²) in [7, 11) is 1.56. The van der Waals surface area contributed by atoms with Crippen molar-refractivity contribution >= 4 is 23.4 Å². The van der Waals surface area contributed by atoms with Gasteiger partial charge in [-0.25, -0.2) is 14.2 Å². The lowest BCUT2D eigenvalue weighted by atomic mass is 9.95. The Hall–Kier alpha value is -3.52. The highest BCUT2D eigenvalue weighted by Crippen LogP contribution is 2.32. The minimum atomic E-state index is -0.712. The van der Waals surface area contributed by atoms with Crippen molar-refractivity contribution in [1.82, 2.24) is 4.57 Å². The van der Waals surface area contributed by atoms with E-state index in [0.717, 1.165) is 0 Å². The van der Waals surface area contributed by atoms with Crippen molar-refractivity contribution < 1.29 is 18.7 Å². The third-order valence-electron chi connectivity index (χ3n) is 5.09. The number of fused-ring (bicyclic) bond motifs is 1. The SMILES string of the molecule is CCOC(=O)C1=C(C)N=c2s/c(=C\c3ccc(F)cc3)c(=O)n2[C@H]1c1cccc(OC)c1. The Kier molecular flexibility index (Phi) is 6.05. The van der Waals surface area contributed by atoms with Crippen LogP contribution in [-0.2, 0) is 9.53 Å². The largest absolute Gasteiger partial charge is 0.497 e. The molecule has 6 nitrogen and oxygen atoms in total. The van der Waals surface area contributed by atoms with Gasteiger partial charge in [-0.3, -0.25) is 9.36 Å². The fourth-order valence-corrected chi connectivity index (χ4v) is 4.68. The number of benzene rings is 2. The summed E-state index contributed by atoms with van der Waals surface area (Å²) in [6.45, 7) is 3.66. The van der Waals surface area contributed by atoms with Crippen LogP contribution in [0.4, 0.5) is 4.39 Å². The molecule has 0 saturated carbocycles. The molecule has 0 unspecified atom stereocenters. The molecule has 2 heterocycles. The quantitative estimate of drug-likeness (QED) is 0.558. The number of halogens is 1. The van der Waals surface area contributed by atoms with Crippen LogP contribution in [0.15, 0.2) is 69.6 Å². The number of carbonyl (C=O) groups is 1. The first-order valence-corrected chi connectivity index (χ1v) is 10.8. The van der Waals surface area contributed by atoms with E-state index in [1.54, 1.807) is 57.4 Å². The van der Waals surface area contributed by atoms with Gasteiger partial charge in [-0.15, -0.1) is 0 Å². The van der Waals surface area contributed by atoms with Crippen LogP contribution in [0.1, 0.15) is 31.0 Å². The summed E-state index contributed by atoms with van der Waals surface area (Å²) in [5, 5.41) is 0. The summed E-state index contributed by atoms with van der Waals surface area (Å²) < 4.78 is 25.8. The molecule has 0 spiro atoms. The number of methoxy groups -OCH3 is 1. The molecule has 0 amide bonds. The summed E-state index contributed by atoms with van der Waals surface area (Å²) in [5.74, 6) is -0.264. The van der Waals surface area contributed by atoms with Crippen molar-refractivity contribution in [2.75, 3.05) is 13.7 Å². The standard InChI is InChI=1S/C24H21FN2O4S/c1-4-31-23(29)20-14(2)26-24-27(21(20)16-6-5-7-18(13-16)30-3)22(28)19(32-24)12-15-8-10-17(25)11-9-15/h5-13,21H,4H2,1-3H3/b19-12-/t21-/m0/s1. The molecular formula is C24H21FN2O4S. The van der Waals surface area contributed by atoms with Gasteiger partial charge in [0, 0.05) is 0 Å². The van der Waals surface area contributed by atoms with Crippen LogP contribution in [-0.4, -0.2) is 24.3 Å². The lowest BCUT2D eigenvalue weighted by Gasteiger charge is -2.25. The Morgan fingerprint density at radius 2 is 2.00 bits per heavy atom. The highest BCUT2D eigenvalue weighted by molar-refractivity contribution is 7.07. The topological polar surface area (TPSA) is 69.9 Å². The van der Waals surface area contributed by atoms with Gasteiger partial charge in [0.05, 0.1) is 35.6 Å². The van der Waals surface area contributed by atoms with E-state index in [2.05, 4.69) is 4.99 Å². The molecule has 1 atom stereocenters. The number of carbonyl (C=O) groups excluding carboxylic acids is 1. The van der Waals surface area contributed by atoms with E-state index in [9.17, 15) is 14.0 Å². The summed E-state index contributed by atoms with van der Waals surface area (Å²) in [6, 6.07) is 12.4. The minimum absolute atomic E-state index is 0.204. The molecule has 0 saturated heterocycles. The Morgan fingerprint density at radius 3 is 2.69 bits per heavy atom. The molecule has 8 heteroatoms. The van der Waals surface area contributed by atoms with Crippen molar-refractivity contribution in [2.45, 2.75) is 19.9 Å². The minimum Gasteiger partial charge on any atom is -0.497 e. The normalized spacial score (nSPS) is 15.9. The van der Waals surface area contributed by atoms with Gasteiger partial charge in [0.25, 0.3) is 5.56 Å². The van der Waals surface area contributed by atoms with Crippen LogP contribution in [0.25, 0.3) is 6.08 Å². The second kappa shape index (κ2) is 8.92. The van der Waals surface area contributed by atoms with Gasteiger partial charge in [0.2, 0.25) is 0 Å². The highest BCUT2D eigenvalue weighted by Gasteiger charge is 2.33.